The molecule has 1 amide bonds. The first kappa shape index (κ1) is 16.5. The van der Waals surface area contributed by atoms with Crippen molar-refractivity contribution in [1.29, 1.82) is 0 Å². The Morgan fingerprint density at radius 2 is 1.91 bits per heavy atom. The molecule has 0 radical (unpaired) electrons. The van der Waals surface area contributed by atoms with Crippen LogP contribution in [0.3, 0.4) is 0 Å². The summed E-state index contributed by atoms with van der Waals surface area (Å²) in [5.41, 5.74) is 1.74. The van der Waals surface area contributed by atoms with Gasteiger partial charge < -0.3 is 5.32 Å². The summed E-state index contributed by atoms with van der Waals surface area (Å²) in [6.07, 6.45) is 6.02. The number of amides is 1. The maximum Gasteiger partial charge on any atom is 0.272 e. The van der Waals surface area contributed by atoms with Gasteiger partial charge in [0.2, 0.25) is 0 Å². The molecule has 0 aliphatic heterocycles. The molecule has 1 N–H and O–H groups in total. The Hall–Kier alpha value is -1.32. The number of carbonyl (C=O) groups excluding carboxylic acids is 1. The lowest BCUT2D eigenvalue weighted by Crippen LogP contribution is -2.43. The lowest BCUT2D eigenvalue weighted by molar-refractivity contribution is 0.0884. The molecule has 0 saturated heterocycles. The van der Waals surface area contributed by atoms with E-state index < -0.39 is 0 Å². The molecule has 128 valence electrons. The highest BCUT2D eigenvalue weighted by molar-refractivity contribution is 5.92. The average Bonchev–Trinajstić information content (AvgIpc) is 3.20. The normalized spacial score (nSPS) is 28.7. The van der Waals surface area contributed by atoms with Crippen molar-refractivity contribution in [2.75, 3.05) is 0 Å². The molecule has 1 heterocycles. The number of nitrogens with zero attached hydrogens (tertiary/aromatic N) is 2. The number of hydrogen-bond donors (Lipinski definition) is 1. The van der Waals surface area contributed by atoms with Gasteiger partial charge in [0.05, 0.1) is 5.54 Å². The highest BCUT2D eigenvalue weighted by Crippen LogP contribution is 2.41. The fourth-order valence-electron chi connectivity index (χ4n) is 3.74. The summed E-state index contributed by atoms with van der Waals surface area (Å²) < 4.78 is 2.06. The second kappa shape index (κ2) is 5.95. The van der Waals surface area contributed by atoms with E-state index in [-0.39, 0.29) is 17.5 Å². The summed E-state index contributed by atoms with van der Waals surface area (Å²) in [6.45, 7) is 11.0. The van der Waals surface area contributed by atoms with Gasteiger partial charge in [0, 0.05) is 17.7 Å². The number of rotatable bonds is 3. The minimum atomic E-state index is -0.0803. The van der Waals surface area contributed by atoms with Crippen molar-refractivity contribution in [2.45, 2.75) is 84.2 Å². The quantitative estimate of drug-likeness (QED) is 0.913. The van der Waals surface area contributed by atoms with Crippen LogP contribution in [0.25, 0.3) is 0 Å². The molecule has 1 aromatic rings. The highest BCUT2D eigenvalue weighted by atomic mass is 16.2. The van der Waals surface area contributed by atoms with E-state index >= 15 is 0 Å². The largest absolute Gasteiger partial charge is 0.348 e. The summed E-state index contributed by atoms with van der Waals surface area (Å²) in [6, 6.07) is 2.31. The number of aromatic nitrogens is 2. The maximum atomic E-state index is 12.7. The van der Waals surface area contributed by atoms with Gasteiger partial charge >= 0.3 is 0 Å². The van der Waals surface area contributed by atoms with Crippen LogP contribution in [-0.4, -0.2) is 21.7 Å². The first-order chi connectivity index (χ1) is 10.8. The third-order valence-electron chi connectivity index (χ3n) is 5.62. The number of carbonyl (C=O) groups is 1. The maximum absolute atomic E-state index is 12.7. The minimum Gasteiger partial charge on any atom is -0.348 e. The molecule has 4 heteroatoms. The van der Waals surface area contributed by atoms with Crippen LogP contribution in [0.15, 0.2) is 6.07 Å². The molecule has 0 unspecified atom stereocenters. The Balaban J connectivity index is 1.77. The SMILES string of the molecule is C[C@@H]1[C@H](C)CCC[C@@H]1NC(=O)c1cc(C2CC2)n(C(C)(C)C)n1. The molecule has 4 nitrogen and oxygen atoms in total. The monoisotopic (exact) mass is 317 g/mol. The van der Waals surface area contributed by atoms with E-state index in [1.54, 1.807) is 0 Å². The summed E-state index contributed by atoms with van der Waals surface area (Å²) in [7, 11) is 0. The van der Waals surface area contributed by atoms with Gasteiger partial charge in [-0.3, -0.25) is 9.48 Å². The smallest absolute Gasteiger partial charge is 0.272 e. The minimum absolute atomic E-state index is 0.000787. The Morgan fingerprint density at radius 3 is 2.52 bits per heavy atom. The Kier molecular flexibility index (Phi) is 4.28. The lowest BCUT2D eigenvalue weighted by Gasteiger charge is -2.34. The van der Waals surface area contributed by atoms with Crippen molar-refractivity contribution in [3.05, 3.63) is 17.5 Å². The van der Waals surface area contributed by atoms with Crippen LogP contribution in [0, 0.1) is 11.8 Å². The molecule has 2 aliphatic rings. The first-order valence-electron chi connectivity index (χ1n) is 9.18. The van der Waals surface area contributed by atoms with Crippen molar-refractivity contribution in [1.82, 2.24) is 15.1 Å². The standard InChI is InChI=1S/C19H31N3O/c1-12-7-6-8-15(13(12)2)20-18(23)16-11-17(14-9-10-14)22(21-16)19(3,4)5/h11-15H,6-10H2,1-5H3,(H,20,23)/t12-,13-,15+/m1/s1. The van der Waals surface area contributed by atoms with Gasteiger partial charge in [0.15, 0.2) is 0 Å². The molecule has 2 saturated carbocycles. The highest BCUT2D eigenvalue weighted by Gasteiger charge is 2.34. The van der Waals surface area contributed by atoms with Crippen LogP contribution in [0.1, 0.15) is 88.8 Å². The zero-order chi connectivity index (χ0) is 16.8. The van der Waals surface area contributed by atoms with E-state index in [4.69, 9.17) is 0 Å². The summed E-state index contributed by atoms with van der Waals surface area (Å²) in [4.78, 5) is 12.7. The fourth-order valence-corrected chi connectivity index (χ4v) is 3.74. The molecular formula is C19H31N3O. The van der Waals surface area contributed by atoms with Crippen molar-refractivity contribution < 1.29 is 4.79 Å². The summed E-state index contributed by atoms with van der Waals surface area (Å²) >= 11 is 0. The third-order valence-corrected chi connectivity index (χ3v) is 5.62. The first-order valence-corrected chi connectivity index (χ1v) is 9.18. The summed E-state index contributed by atoms with van der Waals surface area (Å²) in [5.74, 6) is 1.82. The molecule has 0 aromatic carbocycles. The van der Waals surface area contributed by atoms with E-state index in [9.17, 15) is 4.79 Å². The molecule has 3 atom stereocenters. The van der Waals surface area contributed by atoms with Crippen molar-refractivity contribution in [3.63, 3.8) is 0 Å². The molecular weight excluding hydrogens is 286 g/mol. The second-order valence-corrected chi connectivity index (χ2v) is 8.66. The van der Waals surface area contributed by atoms with Crippen LogP contribution < -0.4 is 5.32 Å². The summed E-state index contributed by atoms with van der Waals surface area (Å²) in [5, 5.41) is 7.91. The van der Waals surface area contributed by atoms with E-state index in [1.165, 1.54) is 31.4 Å². The average molecular weight is 317 g/mol. The number of hydrogen-bond acceptors (Lipinski definition) is 2. The molecule has 0 bridgehead atoms. The molecule has 23 heavy (non-hydrogen) atoms. The predicted octanol–water partition coefficient (Wildman–Crippen LogP) is 4.07. The van der Waals surface area contributed by atoms with E-state index in [0.29, 0.717) is 23.4 Å². The zero-order valence-corrected chi connectivity index (χ0v) is 15.2. The molecule has 2 aliphatic carbocycles. The van der Waals surface area contributed by atoms with Crippen molar-refractivity contribution >= 4 is 5.91 Å². The lowest BCUT2D eigenvalue weighted by atomic mass is 9.78. The molecule has 0 spiro atoms. The number of nitrogens with one attached hydrogen (secondary N) is 1. The van der Waals surface area contributed by atoms with Crippen LogP contribution >= 0.6 is 0 Å². The fraction of sp³-hybridized carbons (Fsp3) is 0.789. The van der Waals surface area contributed by atoms with Gasteiger partial charge in [-0.25, -0.2) is 0 Å². The van der Waals surface area contributed by atoms with Crippen molar-refractivity contribution in [2.24, 2.45) is 11.8 Å². The van der Waals surface area contributed by atoms with E-state index in [1.807, 2.05) is 6.07 Å². The zero-order valence-electron chi connectivity index (χ0n) is 15.2. The van der Waals surface area contributed by atoms with Gasteiger partial charge in [0.1, 0.15) is 5.69 Å². The molecule has 1 aromatic heterocycles. The third kappa shape index (κ3) is 3.46. The Labute approximate surface area is 140 Å². The van der Waals surface area contributed by atoms with E-state index in [2.05, 4.69) is 49.7 Å². The van der Waals surface area contributed by atoms with Gasteiger partial charge in [-0.1, -0.05) is 26.7 Å². The van der Waals surface area contributed by atoms with E-state index in [0.717, 1.165) is 6.42 Å². The Morgan fingerprint density at radius 1 is 1.22 bits per heavy atom. The van der Waals surface area contributed by atoms with Crippen LogP contribution in [0.4, 0.5) is 0 Å². The van der Waals surface area contributed by atoms with Gasteiger partial charge in [-0.05, 0) is 57.9 Å². The predicted molar refractivity (Wildman–Crippen MR) is 92.6 cm³/mol. The van der Waals surface area contributed by atoms with Crippen LogP contribution in [0.2, 0.25) is 0 Å². The Bertz CT molecular complexity index is 580. The van der Waals surface area contributed by atoms with Crippen LogP contribution in [0.5, 0.6) is 0 Å². The second-order valence-electron chi connectivity index (χ2n) is 8.66. The molecule has 3 rings (SSSR count). The van der Waals surface area contributed by atoms with Gasteiger partial charge in [0.25, 0.3) is 5.91 Å². The van der Waals surface area contributed by atoms with Crippen molar-refractivity contribution in [3.8, 4) is 0 Å². The van der Waals surface area contributed by atoms with Gasteiger partial charge in [-0.2, -0.15) is 5.10 Å². The molecule has 2 fully saturated rings. The van der Waals surface area contributed by atoms with Gasteiger partial charge in [-0.15, -0.1) is 0 Å². The topological polar surface area (TPSA) is 46.9 Å². The van der Waals surface area contributed by atoms with Crippen LogP contribution in [-0.2, 0) is 5.54 Å².